The van der Waals surface area contributed by atoms with Gasteiger partial charge in [0.25, 0.3) is 5.56 Å². The third kappa shape index (κ3) is 5.87. The maximum absolute atomic E-state index is 14.2. The van der Waals surface area contributed by atoms with Crippen molar-refractivity contribution in [3.8, 4) is 11.5 Å². The lowest BCUT2D eigenvalue weighted by Gasteiger charge is -2.26. The molecule has 3 aromatic rings. The van der Waals surface area contributed by atoms with Crippen LogP contribution in [0.1, 0.15) is 31.0 Å². The van der Waals surface area contributed by atoms with Crippen LogP contribution in [0.5, 0.6) is 11.5 Å². The molecule has 0 N–H and O–H groups in total. The third-order valence-corrected chi connectivity index (χ3v) is 7.66. The highest BCUT2D eigenvalue weighted by Crippen LogP contribution is 2.38. The van der Waals surface area contributed by atoms with Crippen LogP contribution in [-0.4, -0.2) is 37.0 Å². The minimum Gasteiger partial charge on any atom is -0.493 e. The van der Waals surface area contributed by atoms with Crippen LogP contribution in [0, 0.1) is 3.57 Å². The van der Waals surface area contributed by atoms with E-state index in [0.29, 0.717) is 28.7 Å². The molecular formula is C26H21ClF3IN2O5S. The molecule has 1 atom stereocenters. The SMILES string of the molecule is CCOC(=O)C1=C(C(F)(F)F)N=c2s/c(=C\c3cc(I)c(OCC)c(OC)c3)c(=O)n2[C@H]1c1ccc(Cl)cc1. The first-order valence-electron chi connectivity index (χ1n) is 11.6. The van der Waals surface area contributed by atoms with E-state index in [1.165, 1.54) is 44.4 Å². The van der Waals surface area contributed by atoms with E-state index in [4.69, 9.17) is 25.8 Å². The molecule has 2 heterocycles. The summed E-state index contributed by atoms with van der Waals surface area (Å²) in [6.45, 7) is 3.56. The number of hydrogen-bond acceptors (Lipinski definition) is 7. The highest BCUT2D eigenvalue weighted by Gasteiger charge is 2.45. The zero-order chi connectivity index (χ0) is 28.5. The Bertz CT molecular complexity index is 1630. The fraction of sp³-hybridized carbons (Fsp3) is 0.269. The number of allylic oxidation sites excluding steroid dienone is 1. The zero-order valence-electron chi connectivity index (χ0n) is 20.8. The number of thiazole rings is 1. The maximum atomic E-state index is 14.2. The number of esters is 1. The number of halogens is 5. The normalized spacial score (nSPS) is 15.6. The van der Waals surface area contributed by atoms with Gasteiger partial charge in [-0.15, -0.1) is 0 Å². The molecular weight excluding hydrogens is 672 g/mol. The lowest BCUT2D eigenvalue weighted by molar-refractivity contribution is -0.140. The summed E-state index contributed by atoms with van der Waals surface area (Å²) in [4.78, 5) is 30.1. The Morgan fingerprint density at radius 3 is 2.49 bits per heavy atom. The summed E-state index contributed by atoms with van der Waals surface area (Å²) < 4.78 is 60.6. The van der Waals surface area contributed by atoms with Gasteiger partial charge in [0.1, 0.15) is 0 Å². The predicted octanol–water partition coefficient (Wildman–Crippen LogP) is 5.01. The zero-order valence-corrected chi connectivity index (χ0v) is 24.5. The number of carbonyl (C=O) groups is 1. The van der Waals surface area contributed by atoms with E-state index in [0.717, 1.165) is 19.5 Å². The first-order valence-corrected chi connectivity index (χ1v) is 13.8. The molecule has 0 unspecified atom stereocenters. The van der Waals surface area contributed by atoms with Gasteiger partial charge in [0.15, 0.2) is 22.0 Å². The fourth-order valence-electron chi connectivity index (χ4n) is 4.06. The van der Waals surface area contributed by atoms with Crippen molar-refractivity contribution in [1.29, 1.82) is 0 Å². The Hall–Kier alpha value is -2.84. The van der Waals surface area contributed by atoms with Crippen LogP contribution in [-0.2, 0) is 9.53 Å². The number of rotatable bonds is 7. The van der Waals surface area contributed by atoms with Crippen molar-refractivity contribution in [2.24, 2.45) is 4.99 Å². The molecule has 1 aliphatic heterocycles. The lowest BCUT2D eigenvalue weighted by Crippen LogP contribution is -2.41. The Balaban J connectivity index is 2.01. The van der Waals surface area contributed by atoms with Crippen LogP contribution in [0.15, 0.2) is 57.5 Å². The van der Waals surface area contributed by atoms with Gasteiger partial charge in [-0.2, -0.15) is 13.2 Å². The summed E-state index contributed by atoms with van der Waals surface area (Å²) in [6.07, 6.45) is -3.45. The number of fused-ring (bicyclic) bond motifs is 1. The van der Waals surface area contributed by atoms with Crippen LogP contribution in [0.4, 0.5) is 13.2 Å². The average Bonchev–Trinajstić information content (AvgIpc) is 3.19. The van der Waals surface area contributed by atoms with Gasteiger partial charge in [0.05, 0.1) is 40.0 Å². The third-order valence-electron chi connectivity index (χ3n) is 5.62. The van der Waals surface area contributed by atoms with Crippen molar-refractivity contribution >= 4 is 57.6 Å². The number of methoxy groups -OCH3 is 1. The van der Waals surface area contributed by atoms with Crippen LogP contribution in [0.2, 0.25) is 5.02 Å². The molecule has 0 radical (unpaired) electrons. The quantitative estimate of drug-likeness (QED) is 0.257. The highest BCUT2D eigenvalue weighted by atomic mass is 127. The Labute approximate surface area is 243 Å². The van der Waals surface area contributed by atoms with Crippen molar-refractivity contribution in [2.45, 2.75) is 26.1 Å². The smallest absolute Gasteiger partial charge is 0.434 e. The summed E-state index contributed by atoms with van der Waals surface area (Å²) in [5.74, 6) is -0.241. The molecule has 0 fully saturated rings. The summed E-state index contributed by atoms with van der Waals surface area (Å²) in [5, 5.41) is 0.336. The van der Waals surface area contributed by atoms with E-state index in [-0.39, 0.29) is 21.5 Å². The van der Waals surface area contributed by atoms with Gasteiger partial charge in [0, 0.05) is 5.02 Å². The largest absolute Gasteiger partial charge is 0.493 e. The molecule has 13 heteroatoms. The van der Waals surface area contributed by atoms with Crippen molar-refractivity contribution < 1.29 is 32.2 Å². The number of benzene rings is 2. The average molecular weight is 693 g/mol. The molecule has 0 bridgehead atoms. The predicted molar refractivity (Wildman–Crippen MR) is 149 cm³/mol. The van der Waals surface area contributed by atoms with Crippen molar-refractivity contribution in [2.75, 3.05) is 20.3 Å². The second-order valence-electron chi connectivity index (χ2n) is 8.08. The van der Waals surface area contributed by atoms with Crippen LogP contribution >= 0.6 is 45.5 Å². The van der Waals surface area contributed by atoms with Gasteiger partial charge in [-0.05, 0) is 77.9 Å². The molecule has 7 nitrogen and oxygen atoms in total. The van der Waals surface area contributed by atoms with Gasteiger partial charge in [0.2, 0.25) is 0 Å². The topological polar surface area (TPSA) is 79.1 Å². The summed E-state index contributed by atoms with van der Waals surface area (Å²) in [7, 11) is 1.48. The molecule has 4 rings (SSSR count). The molecule has 206 valence electrons. The lowest BCUT2D eigenvalue weighted by atomic mass is 9.95. The number of aromatic nitrogens is 1. The monoisotopic (exact) mass is 692 g/mol. The minimum absolute atomic E-state index is 0.112. The van der Waals surface area contributed by atoms with E-state index in [2.05, 4.69) is 27.6 Å². The molecule has 2 aromatic carbocycles. The minimum atomic E-state index is -4.99. The second kappa shape index (κ2) is 11.7. The number of carbonyl (C=O) groups excluding carboxylic acids is 1. The van der Waals surface area contributed by atoms with Crippen LogP contribution in [0.3, 0.4) is 0 Å². The maximum Gasteiger partial charge on any atom is 0.434 e. The standard InChI is InChI=1S/C26H21ClF3IN2O5S/c1-4-37-21-16(31)10-13(11-17(21)36-3)12-18-23(34)33-20(14-6-8-15(27)9-7-14)19(24(35)38-5-2)22(26(28,29)30)32-25(33)39-18/h6-12,20H,4-5H2,1-3H3/b18-12-/t20-/m0/s1. The van der Waals surface area contributed by atoms with Crippen LogP contribution in [0.25, 0.3) is 6.08 Å². The van der Waals surface area contributed by atoms with Gasteiger partial charge in [-0.3, -0.25) is 9.36 Å². The fourth-order valence-corrected chi connectivity index (χ4v) is 5.97. The molecule has 0 amide bonds. The molecule has 0 spiro atoms. The van der Waals surface area contributed by atoms with Gasteiger partial charge >= 0.3 is 12.1 Å². The van der Waals surface area contributed by atoms with Crippen molar-refractivity contribution in [3.05, 3.63) is 87.1 Å². The summed E-state index contributed by atoms with van der Waals surface area (Å²) >= 11 is 8.85. The summed E-state index contributed by atoms with van der Waals surface area (Å²) in [5.41, 5.74) is -2.00. The highest BCUT2D eigenvalue weighted by molar-refractivity contribution is 14.1. The molecule has 39 heavy (non-hydrogen) atoms. The molecule has 0 saturated heterocycles. The Morgan fingerprint density at radius 2 is 1.90 bits per heavy atom. The number of hydrogen-bond donors (Lipinski definition) is 0. The second-order valence-corrected chi connectivity index (χ2v) is 10.7. The first-order chi connectivity index (χ1) is 18.5. The van der Waals surface area contributed by atoms with Gasteiger partial charge in [-0.25, -0.2) is 9.79 Å². The van der Waals surface area contributed by atoms with Gasteiger partial charge < -0.3 is 14.2 Å². The number of ether oxygens (including phenoxy) is 3. The number of nitrogens with zero attached hydrogens (tertiary/aromatic N) is 2. The van der Waals surface area contributed by atoms with E-state index in [1.807, 2.05) is 6.92 Å². The van der Waals surface area contributed by atoms with E-state index in [1.54, 1.807) is 12.1 Å². The summed E-state index contributed by atoms with van der Waals surface area (Å²) in [6, 6.07) is 7.84. The Kier molecular flexibility index (Phi) is 8.76. The molecule has 0 aliphatic carbocycles. The van der Waals surface area contributed by atoms with Crippen molar-refractivity contribution in [3.63, 3.8) is 0 Å². The molecule has 1 aromatic heterocycles. The van der Waals surface area contributed by atoms with E-state index < -0.39 is 35.0 Å². The molecule has 0 saturated carbocycles. The Morgan fingerprint density at radius 1 is 1.21 bits per heavy atom. The van der Waals surface area contributed by atoms with E-state index in [9.17, 15) is 22.8 Å². The molecule has 1 aliphatic rings. The van der Waals surface area contributed by atoms with Crippen molar-refractivity contribution in [1.82, 2.24) is 4.57 Å². The first kappa shape index (κ1) is 29.2. The van der Waals surface area contributed by atoms with Crippen LogP contribution < -0.4 is 24.4 Å². The van der Waals surface area contributed by atoms with E-state index >= 15 is 0 Å². The van der Waals surface area contributed by atoms with Gasteiger partial charge in [-0.1, -0.05) is 35.1 Å². The number of alkyl halides is 3.